The predicted octanol–water partition coefficient (Wildman–Crippen LogP) is 2.21. The fourth-order valence-corrected chi connectivity index (χ4v) is 3.07. The minimum absolute atomic E-state index is 0.0811. The largest absolute Gasteiger partial charge is 0.356 e. The van der Waals surface area contributed by atoms with Crippen LogP contribution in [-0.2, 0) is 20.9 Å². The molecule has 1 N–H and O–H groups in total. The molecule has 0 radical (unpaired) electrons. The standard InChI is InChI=1S/C20H22N2O3/c1-14-8-6-7-11-16(14)12-21-20(24)19-18(15-9-4-3-5-10-15)22(2)17(23)13-25-19/h3-11,18-19H,12-13H2,1-2H3,(H,21,24)/t18-,19+/m1/s1. The predicted molar refractivity (Wildman–Crippen MR) is 94.7 cm³/mol. The summed E-state index contributed by atoms with van der Waals surface area (Å²) in [6.45, 7) is 2.37. The lowest BCUT2D eigenvalue weighted by Crippen LogP contribution is -2.52. The summed E-state index contributed by atoms with van der Waals surface area (Å²) in [5.74, 6) is -0.340. The molecule has 2 aromatic carbocycles. The van der Waals surface area contributed by atoms with Crippen molar-refractivity contribution in [1.82, 2.24) is 10.2 Å². The average Bonchev–Trinajstić information content (AvgIpc) is 2.63. The number of rotatable bonds is 4. The lowest BCUT2D eigenvalue weighted by atomic mass is 9.97. The zero-order chi connectivity index (χ0) is 17.8. The summed E-state index contributed by atoms with van der Waals surface area (Å²) in [5, 5.41) is 2.94. The highest BCUT2D eigenvalue weighted by Gasteiger charge is 2.39. The molecule has 3 rings (SSSR count). The summed E-state index contributed by atoms with van der Waals surface area (Å²) in [7, 11) is 1.71. The summed E-state index contributed by atoms with van der Waals surface area (Å²) in [6.07, 6.45) is -0.728. The van der Waals surface area contributed by atoms with Crippen LogP contribution in [0.5, 0.6) is 0 Å². The molecule has 2 amide bonds. The van der Waals surface area contributed by atoms with Gasteiger partial charge in [-0.25, -0.2) is 0 Å². The van der Waals surface area contributed by atoms with Crippen LogP contribution < -0.4 is 5.32 Å². The number of ether oxygens (including phenoxy) is 1. The summed E-state index contributed by atoms with van der Waals surface area (Å²) in [5.41, 5.74) is 3.07. The van der Waals surface area contributed by atoms with E-state index in [0.29, 0.717) is 6.54 Å². The molecule has 5 heteroatoms. The quantitative estimate of drug-likeness (QED) is 0.930. The average molecular weight is 338 g/mol. The van der Waals surface area contributed by atoms with Gasteiger partial charge in [0.05, 0.1) is 6.04 Å². The molecule has 1 saturated heterocycles. The van der Waals surface area contributed by atoms with Gasteiger partial charge in [0.25, 0.3) is 5.91 Å². The Labute approximate surface area is 147 Å². The first-order valence-corrected chi connectivity index (χ1v) is 8.32. The van der Waals surface area contributed by atoms with E-state index >= 15 is 0 Å². The summed E-state index contributed by atoms with van der Waals surface area (Å²) >= 11 is 0. The molecule has 1 aliphatic rings. The minimum atomic E-state index is -0.728. The van der Waals surface area contributed by atoms with Crippen LogP contribution in [0.1, 0.15) is 22.7 Å². The van der Waals surface area contributed by atoms with Gasteiger partial charge in [0.15, 0.2) is 6.10 Å². The Morgan fingerprint density at radius 2 is 1.84 bits per heavy atom. The Kier molecular flexibility index (Phi) is 5.14. The van der Waals surface area contributed by atoms with E-state index in [1.807, 2.05) is 61.5 Å². The van der Waals surface area contributed by atoms with Gasteiger partial charge in [0, 0.05) is 13.6 Å². The molecule has 0 aliphatic carbocycles. The van der Waals surface area contributed by atoms with Crippen LogP contribution in [0.4, 0.5) is 0 Å². The molecule has 5 nitrogen and oxygen atoms in total. The van der Waals surface area contributed by atoms with E-state index in [9.17, 15) is 9.59 Å². The fraction of sp³-hybridized carbons (Fsp3) is 0.300. The van der Waals surface area contributed by atoms with Gasteiger partial charge in [0.1, 0.15) is 6.61 Å². The van der Waals surface area contributed by atoms with Gasteiger partial charge in [-0.1, -0.05) is 54.6 Å². The van der Waals surface area contributed by atoms with Crippen molar-refractivity contribution in [1.29, 1.82) is 0 Å². The number of carbonyl (C=O) groups excluding carboxylic acids is 2. The maximum Gasteiger partial charge on any atom is 0.251 e. The second kappa shape index (κ2) is 7.49. The maximum atomic E-state index is 12.7. The number of carbonyl (C=O) groups is 2. The molecule has 0 unspecified atom stereocenters. The van der Waals surface area contributed by atoms with Crippen LogP contribution >= 0.6 is 0 Å². The van der Waals surface area contributed by atoms with E-state index in [4.69, 9.17) is 4.74 Å². The van der Waals surface area contributed by atoms with E-state index in [1.165, 1.54) is 0 Å². The number of amides is 2. The van der Waals surface area contributed by atoms with Crippen molar-refractivity contribution in [3.63, 3.8) is 0 Å². The zero-order valence-electron chi connectivity index (χ0n) is 14.4. The fourth-order valence-electron chi connectivity index (χ4n) is 3.07. The van der Waals surface area contributed by atoms with E-state index in [0.717, 1.165) is 16.7 Å². The number of nitrogens with zero attached hydrogens (tertiary/aromatic N) is 1. The third-order valence-corrected chi connectivity index (χ3v) is 4.60. The SMILES string of the molecule is Cc1ccccc1CNC(=O)[C@H]1OCC(=O)N(C)[C@@H]1c1ccccc1. The second-order valence-electron chi connectivity index (χ2n) is 6.24. The highest BCUT2D eigenvalue weighted by Crippen LogP contribution is 2.29. The molecule has 2 aromatic rings. The van der Waals surface area contributed by atoms with Gasteiger partial charge in [0.2, 0.25) is 5.91 Å². The highest BCUT2D eigenvalue weighted by molar-refractivity contribution is 5.86. The number of morpholine rings is 1. The highest BCUT2D eigenvalue weighted by atomic mass is 16.5. The molecule has 0 saturated carbocycles. The van der Waals surface area contributed by atoms with Gasteiger partial charge >= 0.3 is 0 Å². The van der Waals surface area contributed by atoms with Crippen molar-refractivity contribution in [2.24, 2.45) is 0 Å². The van der Waals surface area contributed by atoms with Crippen molar-refractivity contribution in [3.8, 4) is 0 Å². The van der Waals surface area contributed by atoms with Crippen LogP contribution in [0.3, 0.4) is 0 Å². The first-order chi connectivity index (χ1) is 12.1. The van der Waals surface area contributed by atoms with Crippen molar-refractivity contribution in [2.75, 3.05) is 13.7 Å². The van der Waals surface area contributed by atoms with Gasteiger partial charge in [-0.15, -0.1) is 0 Å². The smallest absolute Gasteiger partial charge is 0.251 e. The molecule has 1 fully saturated rings. The number of hydrogen-bond acceptors (Lipinski definition) is 3. The third kappa shape index (κ3) is 3.72. The van der Waals surface area contributed by atoms with Crippen LogP contribution in [0, 0.1) is 6.92 Å². The second-order valence-corrected chi connectivity index (χ2v) is 6.24. The van der Waals surface area contributed by atoms with Crippen LogP contribution in [0.15, 0.2) is 54.6 Å². The van der Waals surface area contributed by atoms with Crippen molar-refractivity contribution >= 4 is 11.8 Å². The molecule has 25 heavy (non-hydrogen) atoms. The number of aryl methyl sites for hydroxylation is 1. The van der Waals surface area contributed by atoms with Crippen molar-refractivity contribution in [2.45, 2.75) is 25.6 Å². The van der Waals surface area contributed by atoms with Crippen molar-refractivity contribution < 1.29 is 14.3 Å². The first kappa shape index (κ1) is 17.2. The summed E-state index contributed by atoms with van der Waals surface area (Å²) < 4.78 is 5.60. The van der Waals surface area contributed by atoms with Crippen LogP contribution in [-0.4, -0.2) is 36.5 Å². The van der Waals surface area contributed by atoms with Gasteiger partial charge < -0.3 is 15.0 Å². The molecule has 0 aromatic heterocycles. The molecule has 0 bridgehead atoms. The lowest BCUT2D eigenvalue weighted by Gasteiger charge is -2.38. The number of likely N-dealkylation sites (N-methyl/N-ethyl adjacent to an activating group) is 1. The van der Waals surface area contributed by atoms with Crippen molar-refractivity contribution in [3.05, 3.63) is 71.3 Å². The number of benzene rings is 2. The molecule has 130 valence electrons. The maximum absolute atomic E-state index is 12.7. The molecule has 0 spiro atoms. The Hall–Kier alpha value is -2.66. The van der Waals surface area contributed by atoms with Gasteiger partial charge in [-0.3, -0.25) is 9.59 Å². The van der Waals surface area contributed by atoms with E-state index in [1.54, 1.807) is 11.9 Å². The Morgan fingerprint density at radius 3 is 2.56 bits per heavy atom. The van der Waals surface area contributed by atoms with E-state index in [-0.39, 0.29) is 18.4 Å². The molecular weight excluding hydrogens is 316 g/mol. The summed E-state index contributed by atoms with van der Waals surface area (Å²) in [4.78, 5) is 26.4. The minimum Gasteiger partial charge on any atom is -0.356 e. The topological polar surface area (TPSA) is 58.6 Å². The Morgan fingerprint density at radius 1 is 1.16 bits per heavy atom. The number of hydrogen-bond donors (Lipinski definition) is 1. The Balaban J connectivity index is 1.77. The Bertz CT molecular complexity index is 761. The van der Waals surface area contributed by atoms with E-state index in [2.05, 4.69) is 5.32 Å². The van der Waals surface area contributed by atoms with Gasteiger partial charge in [-0.2, -0.15) is 0 Å². The molecular formula is C20H22N2O3. The van der Waals surface area contributed by atoms with Gasteiger partial charge in [-0.05, 0) is 23.6 Å². The van der Waals surface area contributed by atoms with E-state index < -0.39 is 12.1 Å². The molecule has 2 atom stereocenters. The van der Waals surface area contributed by atoms with Crippen LogP contribution in [0.2, 0.25) is 0 Å². The zero-order valence-corrected chi connectivity index (χ0v) is 14.4. The van der Waals surface area contributed by atoms with Crippen LogP contribution in [0.25, 0.3) is 0 Å². The third-order valence-electron chi connectivity index (χ3n) is 4.60. The normalized spacial score (nSPS) is 20.4. The first-order valence-electron chi connectivity index (χ1n) is 8.32. The monoisotopic (exact) mass is 338 g/mol. The molecule has 1 heterocycles. The molecule has 1 aliphatic heterocycles. The summed E-state index contributed by atoms with van der Waals surface area (Å²) in [6, 6.07) is 17.0. The number of nitrogens with one attached hydrogen (secondary N) is 1. The lowest BCUT2D eigenvalue weighted by molar-refractivity contribution is -0.162.